The number of halogens is 2. The molecule has 1 aromatic carbocycles. The van der Waals surface area contributed by atoms with Crippen LogP contribution in [0.5, 0.6) is 0 Å². The van der Waals surface area contributed by atoms with E-state index < -0.39 is 0 Å². The Kier molecular flexibility index (Phi) is 9.03. The minimum absolute atomic E-state index is 0. The van der Waals surface area contributed by atoms with Crippen LogP contribution < -0.4 is 5.32 Å². The Labute approximate surface area is 194 Å². The predicted molar refractivity (Wildman–Crippen MR) is 130 cm³/mol. The van der Waals surface area contributed by atoms with E-state index in [-0.39, 0.29) is 24.0 Å². The third kappa shape index (κ3) is 6.50. The zero-order chi connectivity index (χ0) is 19.9. The maximum atomic E-state index is 6.08. The van der Waals surface area contributed by atoms with Gasteiger partial charge < -0.3 is 19.4 Å². The van der Waals surface area contributed by atoms with Gasteiger partial charge in [0.05, 0.1) is 11.6 Å². The zero-order valence-electron chi connectivity index (χ0n) is 17.0. The van der Waals surface area contributed by atoms with Crippen molar-refractivity contribution in [2.45, 2.75) is 19.5 Å². The number of nitrogens with one attached hydrogen (secondary N) is 1. The first-order valence-corrected chi connectivity index (χ1v) is 9.71. The van der Waals surface area contributed by atoms with Gasteiger partial charge in [0, 0.05) is 64.9 Å². The third-order valence-electron chi connectivity index (χ3n) is 4.68. The fourth-order valence-corrected chi connectivity index (χ4v) is 3.48. The molecule has 0 radical (unpaired) electrons. The second kappa shape index (κ2) is 11.3. The summed E-state index contributed by atoms with van der Waals surface area (Å²) in [6.07, 6.45) is 6.62. The van der Waals surface area contributed by atoms with Gasteiger partial charge in [-0.1, -0.05) is 41.9 Å². The second-order valence-electron chi connectivity index (χ2n) is 6.80. The van der Waals surface area contributed by atoms with Gasteiger partial charge in [0.25, 0.3) is 0 Å². The highest BCUT2D eigenvalue weighted by Crippen LogP contribution is 2.14. The standard InChI is InChI=1S/C21H27ClN6.HI/c1-23-21(27(3)16-19-13-18(22)15-26(19)2)25-10-9-20-24-11-12-28(20)14-17-7-5-4-6-8-17;/h4-8,11-13,15H,9-10,14,16H2,1-3H3,(H,23,25);1H. The maximum Gasteiger partial charge on any atom is 0.193 e. The third-order valence-corrected chi connectivity index (χ3v) is 4.88. The van der Waals surface area contributed by atoms with Crippen LogP contribution in [0.3, 0.4) is 0 Å². The van der Waals surface area contributed by atoms with Gasteiger partial charge in [-0.3, -0.25) is 4.99 Å². The van der Waals surface area contributed by atoms with Gasteiger partial charge in [0.2, 0.25) is 0 Å². The van der Waals surface area contributed by atoms with Crippen LogP contribution in [0.4, 0.5) is 0 Å². The van der Waals surface area contributed by atoms with Gasteiger partial charge in [-0.15, -0.1) is 24.0 Å². The van der Waals surface area contributed by atoms with Crippen LogP contribution >= 0.6 is 35.6 Å². The fourth-order valence-electron chi connectivity index (χ4n) is 3.20. The molecule has 0 saturated carbocycles. The van der Waals surface area contributed by atoms with E-state index in [0.717, 1.165) is 48.6 Å². The van der Waals surface area contributed by atoms with E-state index in [9.17, 15) is 0 Å². The number of hydrogen-bond donors (Lipinski definition) is 1. The summed E-state index contributed by atoms with van der Waals surface area (Å²) in [5.41, 5.74) is 2.40. The van der Waals surface area contributed by atoms with Crippen molar-refractivity contribution < 1.29 is 0 Å². The number of guanidine groups is 1. The van der Waals surface area contributed by atoms with E-state index in [1.165, 1.54) is 5.56 Å². The van der Waals surface area contributed by atoms with Crippen molar-refractivity contribution in [1.29, 1.82) is 0 Å². The highest BCUT2D eigenvalue weighted by Gasteiger charge is 2.10. The number of aromatic nitrogens is 3. The van der Waals surface area contributed by atoms with Gasteiger partial charge in [0.15, 0.2) is 5.96 Å². The van der Waals surface area contributed by atoms with Crippen LogP contribution in [0.1, 0.15) is 17.1 Å². The summed E-state index contributed by atoms with van der Waals surface area (Å²) in [5, 5.41) is 4.17. The van der Waals surface area contributed by atoms with Crippen molar-refractivity contribution in [1.82, 2.24) is 24.3 Å². The Morgan fingerprint density at radius 1 is 1.28 bits per heavy atom. The summed E-state index contributed by atoms with van der Waals surface area (Å²) in [6.45, 7) is 2.32. The average molecular weight is 527 g/mol. The molecule has 3 aromatic rings. The van der Waals surface area contributed by atoms with Crippen molar-refractivity contribution in [2.24, 2.45) is 12.0 Å². The lowest BCUT2D eigenvalue weighted by Gasteiger charge is -2.22. The lowest BCUT2D eigenvalue weighted by Crippen LogP contribution is -2.39. The number of rotatable bonds is 7. The molecule has 156 valence electrons. The van der Waals surface area contributed by atoms with E-state index in [2.05, 4.69) is 49.0 Å². The molecule has 1 N–H and O–H groups in total. The van der Waals surface area contributed by atoms with E-state index in [0.29, 0.717) is 0 Å². The molecule has 0 aliphatic carbocycles. The van der Waals surface area contributed by atoms with E-state index >= 15 is 0 Å². The molecule has 0 saturated heterocycles. The first-order valence-electron chi connectivity index (χ1n) is 9.33. The molecule has 0 spiro atoms. The Balaban J connectivity index is 0.00000300. The van der Waals surface area contributed by atoms with Crippen molar-refractivity contribution in [2.75, 3.05) is 20.6 Å². The molecule has 29 heavy (non-hydrogen) atoms. The van der Waals surface area contributed by atoms with Gasteiger partial charge in [0.1, 0.15) is 5.82 Å². The topological polar surface area (TPSA) is 50.4 Å². The Bertz CT molecular complexity index is 918. The largest absolute Gasteiger partial charge is 0.356 e. The van der Waals surface area contributed by atoms with Crippen molar-refractivity contribution in [3.8, 4) is 0 Å². The van der Waals surface area contributed by atoms with Crippen molar-refractivity contribution in [3.05, 3.63) is 77.1 Å². The number of aliphatic imine (C=N–C) groups is 1. The van der Waals surface area contributed by atoms with E-state index in [1.807, 2.05) is 49.4 Å². The maximum absolute atomic E-state index is 6.08. The monoisotopic (exact) mass is 526 g/mol. The highest BCUT2D eigenvalue weighted by atomic mass is 127. The number of hydrogen-bond acceptors (Lipinski definition) is 2. The van der Waals surface area contributed by atoms with Crippen LogP contribution in [-0.4, -0.2) is 45.6 Å². The molecule has 0 unspecified atom stereocenters. The summed E-state index contributed by atoms with van der Waals surface area (Å²) in [4.78, 5) is 11.0. The molecule has 0 atom stereocenters. The molecule has 0 bridgehead atoms. The molecule has 0 amide bonds. The smallest absolute Gasteiger partial charge is 0.193 e. The van der Waals surface area contributed by atoms with Crippen LogP contribution in [0.25, 0.3) is 0 Å². The number of nitrogens with zero attached hydrogens (tertiary/aromatic N) is 5. The summed E-state index contributed by atoms with van der Waals surface area (Å²) >= 11 is 6.08. The van der Waals surface area contributed by atoms with Crippen LogP contribution in [0.2, 0.25) is 5.02 Å². The van der Waals surface area contributed by atoms with E-state index in [1.54, 1.807) is 7.05 Å². The fraction of sp³-hybridized carbons (Fsp3) is 0.333. The highest BCUT2D eigenvalue weighted by molar-refractivity contribution is 14.0. The normalized spacial score (nSPS) is 11.2. The van der Waals surface area contributed by atoms with Crippen molar-refractivity contribution >= 4 is 41.5 Å². The zero-order valence-corrected chi connectivity index (χ0v) is 20.1. The Morgan fingerprint density at radius 3 is 2.69 bits per heavy atom. The quantitative estimate of drug-likeness (QED) is 0.290. The molecular formula is C21H28ClIN6. The Morgan fingerprint density at radius 2 is 2.03 bits per heavy atom. The number of aryl methyl sites for hydroxylation is 1. The molecule has 6 nitrogen and oxygen atoms in total. The Hall–Kier alpha value is -2.00. The van der Waals surface area contributed by atoms with E-state index in [4.69, 9.17) is 11.6 Å². The van der Waals surface area contributed by atoms with Crippen LogP contribution in [0, 0.1) is 0 Å². The molecule has 2 aromatic heterocycles. The van der Waals surface area contributed by atoms with Gasteiger partial charge >= 0.3 is 0 Å². The lowest BCUT2D eigenvalue weighted by atomic mass is 10.2. The number of imidazole rings is 1. The first-order chi connectivity index (χ1) is 13.6. The molecule has 0 fully saturated rings. The summed E-state index contributed by atoms with van der Waals surface area (Å²) < 4.78 is 4.22. The lowest BCUT2D eigenvalue weighted by molar-refractivity contribution is 0.461. The molecule has 2 heterocycles. The van der Waals surface area contributed by atoms with Gasteiger partial charge in [-0.2, -0.15) is 0 Å². The first kappa shape index (κ1) is 23.3. The molecular weight excluding hydrogens is 499 g/mol. The second-order valence-corrected chi connectivity index (χ2v) is 7.23. The SMILES string of the molecule is CN=C(NCCc1nccn1Cc1ccccc1)N(C)Cc1cc(Cl)cn1C.I. The average Bonchev–Trinajstić information content (AvgIpc) is 3.25. The van der Waals surface area contributed by atoms with Crippen LogP contribution in [-0.2, 0) is 26.6 Å². The predicted octanol–water partition coefficient (Wildman–Crippen LogP) is 3.79. The molecule has 8 heteroatoms. The minimum Gasteiger partial charge on any atom is -0.356 e. The molecule has 0 aliphatic heterocycles. The van der Waals surface area contributed by atoms with Crippen LogP contribution in [0.15, 0.2) is 60.0 Å². The number of benzene rings is 1. The van der Waals surface area contributed by atoms with Gasteiger partial charge in [-0.05, 0) is 11.6 Å². The molecule has 3 rings (SSSR count). The minimum atomic E-state index is 0. The summed E-state index contributed by atoms with van der Waals surface area (Å²) in [6, 6.07) is 12.4. The van der Waals surface area contributed by atoms with Gasteiger partial charge in [-0.25, -0.2) is 4.98 Å². The summed E-state index contributed by atoms with van der Waals surface area (Å²) in [5.74, 6) is 1.90. The van der Waals surface area contributed by atoms with Crippen molar-refractivity contribution in [3.63, 3.8) is 0 Å². The molecule has 0 aliphatic rings. The summed E-state index contributed by atoms with van der Waals surface area (Å²) in [7, 11) is 5.82.